The Bertz CT molecular complexity index is 581. The van der Waals surface area contributed by atoms with Crippen LogP contribution in [0.2, 0.25) is 0 Å². The van der Waals surface area contributed by atoms with Crippen molar-refractivity contribution in [2.75, 3.05) is 5.32 Å². The molecule has 18 heavy (non-hydrogen) atoms. The van der Waals surface area contributed by atoms with E-state index in [4.69, 9.17) is 12.2 Å². The van der Waals surface area contributed by atoms with Crippen molar-refractivity contribution in [1.82, 2.24) is 10.3 Å². The number of rotatable bonds is 2. The molecule has 1 aromatic heterocycles. The molecule has 3 nitrogen and oxygen atoms in total. The Morgan fingerprint density at radius 2 is 2.06 bits per heavy atom. The molecule has 0 bridgehead atoms. The average molecular weight is 277 g/mol. The largest absolute Gasteiger partial charge is 0.360 e. The minimum atomic E-state index is 0.303. The molecule has 0 saturated carbocycles. The third-order valence-electron chi connectivity index (χ3n) is 2.33. The van der Waals surface area contributed by atoms with Crippen molar-refractivity contribution in [3.63, 3.8) is 0 Å². The highest BCUT2D eigenvalue weighted by atomic mass is 32.1. The minimum absolute atomic E-state index is 0.303. The first-order valence-corrected chi connectivity index (χ1v) is 6.57. The molecule has 2 N–H and O–H groups in total. The van der Waals surface area contributed by atoms with Crippen LogP contribution < -0.4 is 10.6 Å². The van der Waals surface area contributed by atoms with Gasteiger partial charge in [0, 0.05) is 16.3 Å². The normalized spacial score (nSPS) is 10.7. The number of aromatic nitrogens is 1. The Morgan fingerprint density at radius 1 is 1.28 bits per heavy atom. The molecule has 2 aromatic rings. The van der Waals surface area contributed by atoms with Crippen LogP contribution in [0.5, 0.6) is 0 Å². The zero-order valence-electron chi connectivity index (χ0n) is 10.3. The van der Waals surface area contributed by atoms with Crippen molar-refractivity contribution in [3.8, 4) is 0 Å². The molecule has 0 spiro atoms. The van der Waals surface area contributed by atoms with Crippen molar-refractivity contribution in [2.24, 2.45) is 0 Å². The molecule has 1 heterocycles. The molecule has 0 aliphatic carbocycles. The molecule has 0 atom stereocenters. The molecular weight excluding hydrogens is 262 g/mol. The van der Waals surface area contributed by atoms with E-state index >= 15 is 0 Å². The average Bonchev–Trinajstić information content (AvgIpc) is 2.28. The predicted octanol–water partition coefficient (Wildman–Crippen LogP) is 3.22. The first kappa shape index (κ1) is 13.1. The molecule has 2 rings (SSSR count). The van der Waals surface area contributed by atoms with Gasteiger partial charge in [-0.25, -0.2) is 4.98 Å². The van der Waals surface area contributed by atoms with Crippen molar-refractivity contribution >= 4 is 46.7 Å². The number of hydrogen-bond donors (Lipinski definition) is 3. The Morgan fingerprint density at radius 3 is 2.78 bits per heavy atom. The summed E-state index contributed by atoms with van der Waals surface area (Å²) in [6, 6.07) is 10.1. The Kier molecular flexibility index (Phi) is 4.04. The highest BCUT2D eigenvalue weighted by molar-refractivity contribution is 7.80. The van der Waals surface area contributed by atoms with E-state index in [1.807, 2.05) is 44.2 Å². The third kappa shape index (κ3) is 3.34. The molecule has 5 heteroatoms. The second kappa shape index (κ2) is 5.54. The lowest BCUT2D eigenvalue weighted by atomic mass is 10.2. The summed E-state index contributed by atoms with van der Waals surface area (Å²) in [5.74, 6) is 0.743. The van der Waals surface area contributed by atoms with Gasteiger partial charge in [0.25, 0.3) is 0 Å². The van der Waals surface area contributed by atoms with E-state index in [0.717, 1.165) is 21.6 Å². The quantitative estimate of drug-likeness (QED) is 0.582. The Hall–Kier alpha value is -1.33. The number of thiocarbonyl (C=S) groups is 1. The summed E-state index contributed by atoms with van der Waals surface area (Å²) in [5.41, 5.74) is 0.921. The van der Waals surface area contributed by atoms with Crippen LogP contribution in [0, 0.1) is 0 Å². The van der Waals surface area contributed by atoms with E-state index in [1.165, 1.54) is 0 Å². The number of nitrogens with one attached hydrogen (secondary N) is 2. The Balaban J connectivity index is 2.20. The van der Waals surface area contributed by atoms with Gasteiger partial charge in [0.2, 0.25) is 0 Å². The SMILES string of the molecule is CC(C)NC(=S)Nc1ccc2cc(S)ccc2n1. The van der Waals surface area contributed by atoms with Crippen LogP contribution >= 0.6 is 24.8 Å². The standard InChI is InChI=1S/C13H15N3S2/c1-8(2)14-13(18)16-12-6-3-9-7-10(17)4-5-11(9)15-12/h3-8,17H,1-2H3,(H2,14,15,16,18). The van der Waals surface area contributed by atoms with Crippen LogP contribution in [-0.4, -0.2) is 16.1 Å². The van der Waals surface area contributed by atoms with Gasteiger partial charge in [-0.15, -0.1) is 12.6 Å². The number of benzene rings is 1. The van der Waals surface area contributed by atoms with Gasteiger partial charge in [0.15, 0.2) is 5.11 Å². The van der Waals surface area contributed by atoms with Crippen LogP contribution in [0.25, 0.3) is 10.9 Å². The van der Waals surface area contributed by atoms with Gasteiger partial charge in [-0.05, 0) is 56.4 Å². The molecule has 0 unspecified atom stereocenters. The van der Waals surface area contributed by atoms with Crippen molar-refractivity contribution in [1.29, 1.82) is 0 Å². The molecule has 0 fully saturated rings. The van der Waals surface area contributed by atoms with Crippen molar-refractivity contribution in [2.45, 2.75) is 24.8 Å². The maximum atomic E-state index is 5.18. The van der Waals surface area contributed by atoms with E-state index in [2.05, 4.69) is 28.2 Å². The van der Waals surface area contributed by atoms with Gasteiger partial charge in [-0.1, -0.05) is 0 Å². The molecule has 0 amide bonds. The zero-order chi connectivity index (χ0) is 13.1. The highest BCUT2D eigenvalue weighted by Gasteiger charge is 2.02. The summed E-state index contributed by atoms with van der Waals surface area (Å²) >= 11 is 9.49. The van der Waals surface area contributed by atoms with Gasteiger partial charge in [0.05, 0.1) is 5.52 Å². The lowest BCUT2D eigenvalue weighted by Crippen LogP contribution is -2.34. The fourth-order valence-electron chi connectivity index (χ4n) is 1.60. The fraction of sp³-hybridized carbons (Fsp3) is 0.231. The summed E-state index contributed by atoms with van der Waals surface area (Å²) in [7, 11) is 0. The van der Waals surface area contributed by atoms with Crippen LogP contribution in [0.15, 0.2) is 35.2 Å². The van der Waals surface area contributed by atoms with Crippen molar-refractivity contribution < 1.29 is 0 Å². The number of fused-ring (bicyclic) bond motifs is 1. The molecule has 0 saturated heterocycles. The van der Waals surface area contributed by atoms with Gasteiger partial charge >= 0.3 is 0 Å². The number of anilines is 1. The summed E-state index contributed by atoms with van der Waals surface area (Å²) in [6.45, 7) is 4.08. The second-order valence-electron chi connectivity index (χ2n) is 4.33. The Labute approximate surface area is 117 Å². The molecule has 0 radical (unpaired) electrons. The lowest BCUT2D eigenvalue weighted by molar-refractivity contribution is 0.739. The van der Waals surface area contributed by atoms with E-state index in [-0.39, 0.29) is 0 Å². The topological polar surface area (TPSA) is 37.0 Å². The van der Waals surface area contributed by atoms with Crippen molar-refractivity contribution in [3.05, 3.63) is 30.3 Å². The van der Waals surface area contributed by atoms with E-state index in [1.54, 1.807) is 0 Å². The highest BCUT2D eigenvalue weighted by Crippen LogP contribution is 2.18. The zero-order valence-corrected chi connectivity index (χ0v) is 12.0. The van der Waals surface area contributed by atoms with Crippen LogP contribution in [0.3, 0.4) is 0 Å². The van der Waals surface area contributed by atoms with E-state index < -0.39 is 0 Å². The number of thiol groups is 1. The number of pyridine rings is 1. The summed E-state index contributed by atoms with van der Waals surface area (Å²) < 4.78 is 0. The fourth-order valence-corrected chi connectivity index (χ4v) is 2.15. The third-order valence-corrected chi connectivity index (χ3v) is 2.83. The van der Waals surface area contributed by atoms with Gasteiger partial charge in [-0.3, -0.25) is 0 Å². The van der Waals surface area contributed by atoms with Crippen LogP contribution in [0.1, 0.15) is 13.8 Å². The molecule has 94 valence electrons. The lowest BCUT2D eigenvalue weighted by Gasteiger charge is -2.12. The summed E-state index contributed by atoms with van der Waals surface area (Å²) in [5, 5.41) is 7.84. The van der Waals surface area contributed by atoms with Gasteiger partial charge in [-0.2, -0.15) is 0 Å². The summed E-state index contributed by atoms with van der Waals surface area (Å²) in [6.07, 6.45) is 0. The number of hydrogen-bond acceptors (Lipinski definition) is 3. The van der Waals surface area contributed by atoms with E-state index in [9.17, 15) is 0 Å². The second-order valence-corrected chi connectivity index (χ2v) is 5.25. The van der Waals surface area contributed by atoms with Crippen LogP contribution in [-0.2, 0) is 0 Å². The predicted molar refractivity (Wildman–Crippen MR) is 83.5 cm³/mol. The van der Waals surface area contributed by atoms with Gasteiger partial charge < -0.3 is 10.6 Å². The smallest absolute Gasteiger partial charge is 0.172 e. The summed E-state index contributed by atoms with van der Waals surface area (Å²) in [4.78, 5) is 5.42. The van der Waals surface area contributed by atoms with Crippen LogP contribution in [0.4, 0.5) is 5.82 Å². The van der Waals surface area contributed by atoms with E-state index in [0.29, 0.717) is 11.2 Å². The van der Waals surface area contributed by atoms with Gasteiger partial charge in [0.1, 0.15) is 5.82 Å². The molecule has 0 aliphatic heterocycles. The molecule has 0 aliphatic rings. The first-order valence-electron chi connectivity index (χ1n) is 5.72. The molecular formula is C13H15N3S2. The first-order chi connectivity index (χ1) is 8.54. The maximum Gasteiger partial charge on any atom is 0.172 e. The molecule has 1 aromatic carbocycles. The maximum absolute atomic E-state index is 5.18. The monoisotopic (exact) mass is 277 g/mol. The minimum Gasteiger partial charge on any atom is -0.360 e. The number of nitrogens with zero attached hydrogens (tertiary/aromatic N) is 1.